The molecule has 1 aromatic heterocycles. The summed E-state index contributed by atoms with van der Waals surface area (Å²) in [7, 11) is 0. The molecular weight excluding hydrogens is 274 g/mol. The lowest BCUT2D eigenvalue weighted by atomic mass is 10.1. The van der Waals surface area contributed by atoms with Crippen molar-refractivity contribution in [2.24, 2.45) is 0 Å². The van der Waals surface area contributed by atoms with Gasteiger partial charge in [0.15, 0.2) is 0 Å². The van der Waals surface area contributed by atoms with E-state index in [-0.39, 0.29) is 17.3 Å². The summed E-state index contributed by atoms with van der Waals surface area (Å²) in [5.74, 6) is 1.24. The van der Waals surface area contributed by atoms with Crippen molar-refractivity contribution in [2.45, 2.75) is 31.7 Å². The Kier molecular flexibility index (Phi) is 3.30. The zero-order chi connectivity index (χ0) is 14.3. The van der Waals surface area contributed by atoms with Crippen molar-refractivity contribution in [3.63, 3.8) is 0 Å². The number of carbonyl (C=O) groups excluding carboxylic acids is 1. The third kappa shape index (κ3) is 2.22. The van der Waals surface area contributed by atoms with E-state index in [1.807, 2.05) is 25.1 Å². The Balaban J connectivity index is 1.85. The van der Waals surface area contributed by atoms with E-state index in [2.05, 4.69) is 11.4 Å². The van der Waals surface area contributed by atoms with Gasteiger partial charge in [0.2, 0.25) is 0 Å². The summed E-state index contributed by atoms with van der Waals surface area (Å²) in [5.41, 5.74) is 2.90. The van der Waals surface area contributed by atoms with Crippen LogP contribution in [0.5, 0.6) is 0 Å². The number of hydrogen-bond acceptors (Lipinski definition) is 2. The van der Waals surface area contributed by atoms with E-state index in [9.17, 15) is 4.79 Å². The van der Waals surface area contributed by atoms with E-state index < -0.39 is 0 Å². The molecule has 104 valence electrons. The Morgan fingerprint density at radius 2 is 2.10 bits per heavy atom. The van der Waals surface area contributed by atoms with Crippen molar-refractivity contribution in [1.82, 2.24) is 5.32 Å². The van der Waals surface area contributed by atoms with E-state index in [1.54, 1.807) is 13.0 Å². The van der Waals surface area contributed by atoms with Crippen LogP contribution in [0.25, 0.3) is 0 Å². The number of furan rings is 1. The summed E-state index contributed by atoms with van der Waals surface area (Å²) in [6.45, 7) is 3.63. The minimum Gasteiger partial charge on any atom is -0.466 e. The van der Waals surface area contributed by atoms with Crippen molar-refractivity contribution in [3.8, 4) is 0 Å². The highest BCUT2D eigenvalue weighted by atomic mass is 35.5. The molecule has 0 radical (unpaired) electrons. The maximum atomic E-state index is 12.4. The molecule has 0 spiro atoms. The number of carbonyl (C=O) groups is 1. The molecule has 3 nitrogen and oxygen atoms in total. The molecule has 2 atom stereocenters. The van der Waals surface area contributed by atoms with Gasteiger partial charge in [-0.2, -0.15) is 0 Å². The number of aryl methyl sites for hydroxylation is 2. The molecule has 1 N–H and O–H groups in total. The van der Waals surface area contributed by atoms with Gasteiger partial charge in [-0.3, -0.25) is 4.79 Å². The molecule has 3 rings (SSSR count). The lowest BCUT2D eigenvalue weighted by Crippen LogP contribution is -2.31. The zero-order valence-electron chi connectivity index (χ0n) is 11.4. The molecule has 1 aliphatic rings. The normalized spacial score (nSPS) is 20.8. The first-order chi connectivity index (χ1) is 9.56. The fraction of sp³-hybridized carbons (Fsp3) is 0.312. The van der Waals surface area contributed by atoms with Crippen molar-refractivity contribution < 1.29 is 9.21 Å². The van der Waals surface area contributed by atoms with E-state index in [0.29, 0.717) is 11.3 Å². The Bertz CT molecular complexity index is 662. The highest BCUT2D eigenvalue weighted by Gasteiger charge is 2.32. The molecule has 20 heavy (non-hydrogen) atoms. The lowest BCUT2D eigenvalue weighted by molar-refractivity contribution is 0.0935. The predicted octanol–water partition coefficient (Wildman–Crippen LogP) is 3.53. The third-order valence-electron chi connectivity index (χ3n) is 3.74. The number of rotatable bonds is 2. The van der Waals surface area contributed by atoms with Crippen LogP contribution in [-0.2, 0) is 6.42 Å². The molecule has 0 saturated heterocycles. The van der Waals surface area contributed by atoms with Crippen LogP contribution in [-0.4, -0.2) is 11.3 Å². The zero-order valence-corrected chi connectivity index (χ0v) is 12.2. The van der Waals surface area contributed by atoms with Crippen LogP contribution in [0.1, 0.15) is 39.0 Å². The van der Waals surface area contributed by atoms with Gasteiger partial charge in [-0.05, 0) is 37.5 Å². The summed E-state index contributed by atoms with van der Waals surface area (Å²) in [6.07, 6.45) is 0.784. The quantitative estimate of drug-likeness (QED) is 0.859. The molecule has 1 heterocycles. The van der Waals surface area contributed by atoms with Gasteiger partial charge < -0.3 is 9.73 Å². The fourth-order valence-corrected chi connectivity index (χ4v) is 3.15. The second-order valence-electron chi connectivity index (χ2n) is 5.20. The van der Waals surface area contributed by atoms with Gasteiger partial charge in [0.25, 0.3) is 5.91 Å². The third-order valence-corrected chi connectivity index (χ3v) is 4.15. The van der Waals surface area contributed by atoms with Crippen LogP contribution in [0.15, 0.2) is 34.7 Å². The standard InChI is InChI=1S/C16H16ClNO2/c1-9-7-13(10(2)20-9)16(19)18-15-12-6-4-3-5-11(12)8-14(15)17/h3-7,14-15H,8H2,1-2H3,(H,18,19). The largest absolute Gasteiger partial charge is 0.466 e. The summed E-state index contributed by atoms with van der Waals surface area (Å²) >= 11 is 6.38. The molecule has 2 aromatic rings. The molecule has 4 heteroatoms. The second kappa shape index (κ2) is 4.98. The van der Waals surface area contributed by atoms with Crippen LogP contribution in [0.2, 0.25) is 0 Å². The Morgan fingerprint density at radius 3 is 2.80 bits per heavy atom. The molecule has 0 aliphatic heterocycles. The summed E-state index contributed by atoms with van der Waals surface area (Å²) in [4.78, 5) is 12.4. The lowest BCUT2D eigenvalue weighted by Gasteiger charge is -2.17. The van der Waals surface area contributed by atoms with Crippen LogP contribution in [0.3, 0.4) is 0 Å². The minimum absolute atomic E-state index is 0.107. The Morgan fingerprint density at radius 1 is 1.35 bits per heavy atom. The topological polar surface area (TPSA) is 42.2 Å². The van der Waals surface area contributed by atoms with Crippen LogP contribution >= 0.6 is 11.6 Å². The molecule has 1 aliphatic carbocycles. The maximum absolute atomic E-state index is 12.4. The minimum atomic E-state index is -0.144. The average Bonchev–Trinajstić information content (AvgIpc) is 2.90. The van der Waals surface area contributed by atoms with Crippen molar-refractivity contribution in [1.29, 1.82) is 0 Å². The van der Waals surface area contributed by atoms with E-state index in [0.717, 1.165) is 17.7 Å². The number of halogens is 1. The highest BCUT2D eigenvalue weighted by molar-refractivity contribution is 6.21. The average molecular weight is 290 g/mol. The van der Waals surface area contributed by atoms with Crippen LogP contribution in [0.4, 0.5) is 0 Å². The summed E-state index contributed by atoms with van der Waals surface area (Å²) in [6, 6.07) is 9.67. The molecule has 0 fully saturated rings. The van der Waals surface area contributed by atoms with Gasteiger partial charge in [-0.1, -0.05) is 24.3 Å². The summed E-state index contributed by atoms with van der Waals surface area (Å²) < 4.78 is 5.40. The van der Waals surface area contributed by atoms with Crippen LogP contribution < -0.4 is 5.32 Å². The molecule has 0 bridgehead atoms. The Hall–Kier alpha value is -1.74. The SMILES string of the molecule is Cc1cc(C(=O)NC2c3ccccc3CC2Cl)c(C)o1. The predicted molar refractivity (Wildman–Crippen MR) is 78.2 cm³/mol. The first-order valence-electron chi connectivity index (χ1n) is 6.66. The number of benzene rings is 1. The van der Waals surface area contributed by atoms with Gasteiger partial charge in [-0.15, -0.1) is 11.6 Å². The molecule has 1 amide bonds. The van der Waals surface area contributed by atoms with Crippen LogP contribution in [0, 0.1) is 13.8 Å². The molecular formula is C16H16ClNO2. The van der Waals surface area contributed by atoms with Gasteiger partial charge in [0.1, 0.15) is 11.5 Å². The number of hydrogen-bond donors (Lipinski definition) is 1. The van der Waals surface area contributed by atoms with Crippen molar-refractivity contribution in [2.75, 3.05) is 0 Å². The first-order valence-corrected chi connectivity index (χ1v) is 7.09. The number of fused-ring (bicyclic) bond motifs is 1. The number of amides is 1. The smallest absolute Gasteiger partial charge is 0.255 e. The molecule has 2 unspecified atom stereocenters. The van der Waals surface area contributed by atoms with Crippen molar-refractivity contribution in [3.05, 3.63) is 58.5 Å². The first kappa shape index (κ1) is 13.3. The van der Waals surface area contributed by atoms with Gasteiger partial charge in [0, 0.05) is 0 Å². The number of nitrogens with one attached hydrogen (secondary N) is 1. The fourth-order valence-electron chi connectivity index (χ4n) is 2.79. The molecule has 1 aromatic carbocycles. The van der Waals surface area contributed by atoms with Gasteiger partial charge in [-0.25, -0.2) is 0 Å². The van der Waals surface area contributed by atoms with Gasteiger partial charge >= 0.3 is 0 Å². The second-order valence-corrected chi connectivity index (χ2v) is 5.76. The van der Waals surface area contributed by atoms with Gasteiger partial charge in [0.05, 0.1) is 17.0 Å². The summed E-state index contributed by atoms with van der Waals surface area (Å²) in [5, 5.41) is 2.92. The monoisotopic (exact) mass is 289 g/mol. The highest BCUT2D eigenvalue weighted by Crippen LogP contribution is 2.35. The maximum Gasteiger partial charge on any atom is 0.255 e. The van der Waals surface area contributed by atoms with E-state index in [1.165, 1.54) is 5.56 Å². The molecule has 0 saturated carbocycles. The Labute approximate surface area is 122 Å². The number of alkyl halides is 1. The van der Waals surface area contributed by atoms with E-state index in [4.69, 9.17) is 16.0 Å². The van der Waals surface area contributed by atoms with E-state index >= 15 is 0 Å². The van der Waals surface area contributed by atoms with Crippen molar-refractivity contribution >= 4 is 17.5 Å².